The van der Waals surface area contributed by atoms with Crippen molar-refractivity contribution < 1.29 is 51.0 Å². The Balaban J connectivity index is 0.000000343. The maximum Gasteiger partial charge on any atom is 4.00 e. The number of rotatable bonds is 2. The van der Waals surface area contributed by atoms with Gasteiger partial charge in [0.15, 0.2) is 0 Å². The fourth-order valence-electron chi connectivity index (χ4n) is 5.59. The van der Waals surface area contributed by atoms with E-state index in [0.717, 1.165) is 5.54 Å². The van der Waals surface area contributed by atoms with Crippen molar-refractivity contribution in [1.29, 1.82) is 0 Å². The van der Waals surface area contributed by atoms with Crippen LogP contribution in [0, 0.1) is 17.6 Å². The summed E-state index contributed by atoms with van der Waals surface area (Å²) in [4.78, 5) is 0. The van der Waals surface area contributed by atoms with Gasteiger partial charge in [-0.25, -0.2) is 5.57 Å². The molecule has 1 heterocycles. The van der Waals surface area contributed by atoms with Crippen LogP contribution < -0.4 is 24.8 Å². The average Bonchev–Trinajstić information content (AvgIpc) is 3.10. The number of hydrogen-bond donors (Lipinski definition) is 0. The van der Waals surface area contributed by atoms with Crippen molar-refractivity contribution in [3.8, 4) is 11.1 Å². The van der Waals surface area contributed by atoms with Gasteiger partial charge in [0.2, 0.25) is 0 Å². The van der Waals surface area contributed by atoms with Gasteiger partial charge >= 0.3 is 26.2 Å². The molecular formula is C28H34Cl2SiZr. The van der Waals surface area contributed by atoms with E-state index in [9.17, 15) is 0 Å². The number of hydrogen-bond acceptors (Lipinski definition) is 0. The Morgan fingerprint density at radius 3 is 2.06 bits per heavy atom. The van der Waals surface area contributed by atoms with Crippen LogP contribution >= 0.6 is 0 Å². The van der Waals surface area contributed by atoms with Crippen LogP contribution in [0.5, 0.6) is 0 Å². The molecule has 168 valence electrons. The molecule has 0 nitrogen and oxygen atoms in total. The van der Waals surface area contributed by atoms with Gasteiger partial charge in [0.1, 0.15) is 0 Å². The van der Waals surface area contributed by atoms with Crippen LogP contribution in [-0.2, 0) is 26.2 Å². The Morgan fingerprint density at radius 1 is 0.969 bits per heavy atom. The van der Waals surface area contributed by atoms with E-state index in [4.69, 9.17) is 0 Å². The molecule has 1 unspecified atom stereocenters. The van der Waals surface area contributed by atoms with Gasteiger partial charge in [-0.15, -0.1) is 18.1 Å². The fraction of sp³-hybridized carbons (Fsp3) is 0.429. The smallest absolute Gasteiger partial charge is 1.00 e. The Bertz CT molecular complexity index is 951. The van der Waals surface area contributed by atoms with E-state index in [1.54, 1.807) is 5.56 Å². The second kappa shape index (κ2) is 11.4. The second-order valence-corrected chi connectivity index (χ2v) is 14.7. The molecule has 1 saturated heterocycles. The summed E-state index contributed by atoms with van der Waals surface area (Å²) in [7, 11) is -1.12. The van der Waals surface area contributed by atoms with Crippen molar-refractivity contribution in [2.45, 2.75) is 71.6 Å². The first-order chi connectivity index (χ1) is 13.8. The molecule has 0 amide bonds. The molecule has 0 radical (unpaired) electrons. The zero-order chi connectivity index (χ0) is 20.8. The molecular weight excluding hydrogens is 527 g/mol. The van der Waals surface area contributed by atoms with Crippen molar-refractivity contribution in [2.75, 3.05) is 0 Å². The standard InChI is InChI=1S/C18H19Si.C10H15.2ClH.Zr/c1-2-19(12-7-13-19)18-16-10-5-3-8-14(16)15-9-4-6-11-17(15)18;1-7-6-10(4,5)9(3)8(7)2;;;/h3-6,8-10,18H,2,7,12-13H2,1H3;1-5H3;2*1H;/q2*-1;;;+4/p-2. The van der Waals surface area contributed by atoms with Crippen molar-refractivity contribution >= 4 is 8.07 Å². The molecule has 0 saturated carbocycles. The minimum absolute atomic E-state index is 0. The summed E-state index contributed by atoms with van der Waals surface area (Å²) in [5.74, 6) is 0. The Labute approximate surface area is 228 Å². The van der Waals surface area contributed by atoms with Crippen LogP contribution in [-0.4, -0.2) is 8.07 Å². The Hall–Kier alpha value is -0.400. The summed E-state index contributed by atoms with van der Waals surface area (Å²) in [6.07, 6.45) is 4.89. The molecule has 1 atom stereocenters. The van der Waals surface area contributed by atoms with Crippen molar-refractivity contribution in [3.63, 3.8) is 0 Å². The zero-order valence-electron chi connectivity index (χ0n) is 20.2. The van der Waals surface area contributed by atoms with E-state index in [2.05, 4.69) is 96.1 Å². The van der Waals surface area contributed by atoms with Crippen molar-refractivity contribution in [2.24, 2.45) is 5.41 Å². The third-order valence-electron chi connectivity index (χ3n) is 7.97. The predicted molar refractivity (Wildman–Crippen MR) is 128 cm³/mol. The molecule has 0 aromatic heterocycles. The Kier molecular flexibility index (Phi) is 10.5. The fourth-order valence-corrected chi connectivity index (χ4v) is 10.3. The monoisotopic (exact) mass is 558 g/mol. The average molecular weight is 561 g/mol. The normalized spacial score (nSPS) is 20.7. The zero-order valence-corrected chi connectivity index (χ0v) is 25.2. The molecule has 5 rings (SSSR count). The first-order valence-corrected chi connectivity index (χ1v) is 13.9. The first-order valence-electron chi connectivity index (χ1n) is 11.2. The molecule has 2 aromatic rings. The SMILES string of the molecule is CC1=[C-]C(C)(C)C(C)=C1C.CC[Si]1(C2c3[c-]cccc3-c3ccccc32)CCC1.[Cl-].[Cl-].[Zr+4]. The van der Waals surface area contributed by atoms with Crippen LogP contribution in [0.25, 0.3) is 11.1 Å². The minimum Gasteiger partial charge on any atom is -1.00 e. The quantitative estimate of drug-likeness (QED) is 0.390. The van der Waals surface area contributed by atoms with Gasteiger partial charge in [-0.2, -0.15) is 35.4 Å². The summed E-state index contributed by atoms with van der Waals surface area (Å²) in [6, 6.07) is 23.7. The maximum atomic E-state index is 3.59. The predicted octanol–water partition coefficient (Wildman–Crippen LogP) is 2.13. The van der Waals surface area contributed by atoms with Gasteiger partial charge in [0.25, 0.3) is 0 Å². The van der Waals surface area contributed by atoms with Gasteiger partial charge in [0, 0.05) is 0 Å². The molecule has 4 heteroatoms. The van der Waals surface area contributed by atoms with Crippen molar-refractivity contribution in [1.82, 2.24) is 0 Å². The van der Waals surface area contributed by atoms with E-state index in [1.165, 1.54) is 58.0 Å². The maximum absolute atomic E-state index is 3.59. The van der Waals surface area contributed by atoms with Gasteiger partial charge in [-0.05, 0) is 11.1 Å². The van der Waals surface area contributed by atoms with Crippen molar-refractivity contribution in [3.05, 3.63) is 82.5 Å². The van der Waals surface area contributed by atoms with E-state index in [0.29, 0.717) is 0 Å². The molecule has 0 N–H and O–H groups in total. The Morgan fingerprint density at radius 2 is 1.59 bits per heavy atom. The number of benzene rings is 2. The third kappa shape index (κ3) is 5.00. The van der Waals surface area contributed by atoms with Crippen LogP contribution in [0.2, 0.25) is 18.1 Å². The van der Waals surface area contributed by atoms with Crippen LogP contribution in [0.15, 0.2) is 59.2 Å². The van der Waals surface area contributed by atoms with Gasteiger partial charge in [0.05, 0.1) is 8.07 Å². The van der Waals surface area contributed by atoms with E-state index >= 15 is 0 Å². The number of allylic oxidation sites excluding steroid dienone is 4. The molecule has 0 spiro atoms. The van der Waals surface area contributed by atoms with Crippen LogP contribution in [0.4, 0.5) is 0 Å². The summed E-state index contributed by atoms with van der Waals surface area (Å²) in [6.45, 7) is 13.3. The number of halogens is 2. The minimum atomic E-state index is -1.12. The van der Waals surface area contributed by atoms with Gasteiger partial charge in [-0.3, -0.25) is 6.08 Å². The third-order valence-corrected chi connectivity index (χ3v) is 13.9. The van der Waals surface area contributed by atoms with Gasteiger partial charge in [-0.1, -0.05) is 94.4 Å². The molecule has 0 bridgehead atoms. The van der Waals surface area contributed by atoms with Gasteiger partial charge < -0.3 is 24.8 Å². The summed E-state index contributed by atoms with van der Waals surface area (Å²) < 4.78 is 0. The van der Waals surface area contributed by atoms with E-state index in [-0.39, 0.29) is 56.4 Å². The molecule has 32 heavy (non-hydrogen) atoms. The molecule has 2 aliphatic carbocycles. The van der Waals surface area contributed by atoms with E-state index in [1.807, 2.05) is 0 Å². The largest absolute Gasteiger partial charge is 4.00 e. The molecule has 1 fully saturated rings. The number of fused-ring (bicyclic) bond motifs is 3. The summed E-state index contributed by atoms with van der Waals surface area (Å²) in [5, 5.41) is 0. The summed E-state index contributed by atoms with van der Waals surface area (Å²) in [5.41, 5.74) is 11.2. The molecule has 3 aliphatic rings. The first kappa shape index (κ1) is 29.6. The second-order valence-electron chi connectivity index (χ2n) is 9.71. The molecule has 1 aliphatic heterocycles. The summed E-state index contributed by atoms with van der Waals surface area (Å²) >= 11 is 0. The van der Waals surface area contributed by atoms with E-state index < -0.39 is 8.07 Å². The van der Waals surface area contributed by atoms with Crippen LogP contribution in [0.3, 0.4) is 0 Å². The molecule has 2 aromatic carbocycles. The van der Waals surface area contributed by atoms with Crippen LogP contribution in [0.1, 0.15) is 64.6 Å². The topological polar surface area (TPSA) is 0 Å².